The number of carbonyl (C=O) groups is 2. The molecule has 0 aromatic rings. The molecular weight excluding hydrogens is 419 g/mol. The summed E-state index contributed by atoms with van der Waals surface area (Å²) in [6.45, 7) is 3.02. The molecule has 3 aliphatic rings. The summed E-state index contributed by atoms with van der Waals surface area (Å²) in [7, 11) is 0. The average molecular weight is 445 g/mol. The minimum absolute atomic E-state index is 0.243. The third-order valence-corrected chi connectivity index (χ3v) is 6.67. The Morgan fingerprint density at radius 1 is 0.897 bits per heavy atom. The first-order valence-corrected chi connectivity index (χ1v) is 10.8. The summed E-state index contributed by atoms with van der Waals surface area (Å²) in [5.74, 6) is -3.02. The van der Waals surface area contributed by atoms with Crippen LogP contribution < -0.4 is 0 Å². The molecule has 0 spiro atoms. The third-order valence-electron chi connectivity index (χ3n) is 5.76. The fourth-order valence-electron chi connectivity index (χ4n) is 4.23. The van der Waals surface area contributed by atoms with E-state index in [1.165, 1.54) is 12.2 Å². The molecule has 0 aromatic carbocycles. The molecule has 2 saturated heterocycles. The summed E-state index contributed by atoms with van der Waals surface area (Å²) in [5, 5.41) is 29.3. The van der Waals surface area contributed by atoms with Gasteiger partial charge in [0.2, 0.25) is 0 Å². The first kappa shape index (κ1) is 22.0. The highest BCUT2D eigenvalue weighted by Gasteiger charge is 2.52. The van der Waals surface area contributed by atoms with Crippen molar-refractivity contribution in [2.45, 2.75) is 49.5 Å². The fourth-order valence-corrected chi connectivity index (χ4v) is 4.69. The summed E-state index contributed by atoms with van der Waals surface area (Å²) in [6.07, 6.45) is 8.73. The molecule has 1 aliphatic carbocycles. The normalized spacial score (nSPS) is 23.4. The monoisotopic (exact) mass is 444 g/mol. The van der Waals surface area contributed by atoms with Crippen molar-refractivity contribution in [3.63, 3.8) is 0 Å². The van der Waals surface area contributed by atoms with Gasteiger partial charge in [0.15, 0.2) is 0 Å². The second-order valence-electron chi connectivity index (χ2n) is 7.65. The highest BCUT2D eigenvalue weighted by Crippen LogP contribution is 2.41. The van der Waals surface area contributed by atoms with Crippen LogP contribution in [0.1, 0.15) is 38.5 Å². The number of aliphatic carboxylic acids is 2. The van der Waals surface area contributed by atoms with Gasteiger partial charge in [-0.2, -0.15) is 0 Å². The molecule has 160 valence electrons. The number of alkyl halides is 1. The van der Waals surface area contributed by atoms with Crippen LogP contribution in [-0.4, -0.2) is 74.2 Å². The number of carboxylic acids is 2. The summed E-state index contributed by atoms with van der Waals surface area (Å²) < 4.78 is 0. The topological polar surface area (TPSA) is 101 Å². The Hall–Kier alpha value is -1.70. The Labute approximate surface area is 179 Å². The Kier molecular flexibility index (Phi) is 6.81. The molecule has 9 heteroatoms. The molecule has 0 amide bonds. The number of carboxylic acid groups (broad SMARTS) is 2. The van der Waals surface area contributed by atoms with Gasteiger partial charge in [-0.05, 0) is 44.6 Å². The molecule has 0 bridgehead atoms. The molecule has 2 heterocycles. The van der Waals surface area contributed by atoms with E-state index in [4.69, 9.17) is 23.2 Å². The minimum atomic E-state index is -3.12. The number of nitrogens with zero attached hydrogens (tertiary/aromatic N) is 2. The van der Waals surface area contributed by atoms with E-state index in [0.717, 1.165) is 64.7 Å². The minimum Gasteiger partial charge on any atom is -0.478 e. The van der Waals surface area contributed by atoms with E-state index in [-0.39, 0.29) is 16.2 Å². The standard InChI is InChI=1S/C20H26Cl2N2O5/c21-14-8-7-13(20(29,18(25)26)19(27)28)15(16(14)22)17(23-9-3-1-4-10-23)24-11-5-2-6-12-24/h7-8,16,29H,1-6,9-12H2,(H,25,26)(H,27,28). The number of aliphatic hydroxyl groups is 1. The van der Waals surface area contributed by atoms with Crippen molar-refractivity contribution in [2.75, 3.05) is 26.2 Å². The number of likely N-dealkylation sites (tertiary alicyclic amines) is 2. The van der Waals surface area contributed by atoms with Gasteiger partial charge in [0.25, 0.3) is 5.60 Å². The number of hydrogen-bond acceptors (Lipinski definition) is 5. The van der Waals surface area contributed by atoms with Crippen LogP contribution in [0.25, 0.3) is 0 Å². The van der Waals surface area contributed by atoms with E-state index in [9.17, 15) is 24.9 Å². The van der Waals surface area contributed by atoms with Gasteiger partial charge < -0.3 is 25.1 Å². The molecule has 0 aromatic heterocycles. The predicted octanol–water partition coefficient (Wildman–Crippen LogP) is 2.74. The second kappa shape index (κ2) is 8.98. The van der Waals surface area contributed by atoms with Crippen molar-refractivity contribution in [2.24, 2.45) is 0 Å². The molecular formula is C20H26Cl2N2O5. The Morgan fingerprint density at radius 3 is 1.76 bits per heavy atom. The van der Waals surface area contributed by atoms with Crippen LogP contribution in [0.15, 0.2) is 34.2 Å². The number of piperidine rings is 2. The molecule has 3 rings (SSSR count). The SMILES string of the molecule is O=C(O)C(O)(C(=O)O)C1=CC=C(Cl)C(Cl)C1=C(N1CCCCC1)N1CCCCC1. The molecule has 29 heavy (non-hydrogen) atoms. The van der Waals surface area contributed by atoms with E-state index in [1.54, 1.807) is 0 Å². The molecule has 2 aliphatic heterocycles. The fraction of sp³-hybridized carbons (Fsp3) is 0.600. The van der Waals surface area contributed by atoms with Gasteiger partial charge in [-0.3, -0.25) is 0 Å². The molecule has 0 saturated carbocycles. The first-order valence-electron chi connectivity index (χ1n) is 9.94. The highest BCUT2D eigenvalue weighted by atomic mass is 35.5. The zero-order valence-corrected chi connectivity index (χ0v) is 17.6. The zero-order chi connectivity index (χ0) is 21.2. The smallest absolute Gasteiger partial charge is 0.352 e. The maximum Gasteiger partial charge on any atom is 0.352 e. The molecule has 3 N–H and O–H groups in total. The summed E-state index contributed by atoms with van der Waals surface area (Å²) in [6, 6.07) is 0. The predicted molar refractivity (Wildman–Crippen MR) is 110 cm³/mol. The Bertz CT molecular complexity index is 731. The van der Waals surface area contributed by atoms with Crippen molar-refractivity contribution < 1.29 is 24.9 Å². The van der Waals surface area contributed by atoms with Crippen molar-refractivity contribution in [3.8, 4) is 0 Å². The second-order valence-corrected chi connectivity index (χ2v) is 8.52. The van der Waals surface area contributed by atoms with Crippen molar-refractivity contribution in [3.05, 3.63) is 34.2 Å². The lowest BCUT2D eigenvalue weighted by molar-refractivity contribution is -0.170. The first-order chi connectivity index (χ1) is 13.8. The maximum absolute atomic E-state index is 11.9. The third kappa shape index (κ3) is 4.13. The van der Waals surface area contributed by atoms with Crippen molar-refractivity contribution >= 4 is 35.1 Å². The molecule has 1 atom stereocenters. The van der Waals surface area contributed by atoms with Crippen molar-refractivity contribution in [1.29, 1.82) is 0 Å². The quantitative estimate of drug-likeness (QED) is 0.442. The average Bonchev–Trinajstić information content (AvgIpc) is 2.72. The molecule has 0 radical (unpaired) electrons. The lowest BCUT2D eigenvalue weighted by Gasteiger charge is -2.43. The van der Waals surface area contributed by atoms with Gasteiger partial charge in [-0.15, -0.1) is 11.6 Å². The number of allylic oxidation sites excluding steroid dienone is 3. The van der Waals surface area contributed by atoms with Gasteiger partial charge in [0, 0.05) is 42.4 Å². The van der Waals surface area contributed by atoms with Crippen LogP contribution in [-0.2, 0) is 9.59 Å². The van der Waals surface area contributed by atoms with Crippen LogP contribution >= 0.6 is 23.2 Å². The number of rotatable bonds is 5. The highest BCUT2D eigenvalue weighted by molar-refractivity contribution is 6.39. The van der Waals surface area contributed by atoms with E-state index in [1.807, 2.05) is 0 Å². The van der Waals surface area contributed by atoms with Crippen LogP contribution in [0.3, 0.4) is 0 Å². The van der Waals surface area contributed by atoms with Crippen LogP contribution in [0.5, 0.6) is 0 Å². The maximum atomic E-state index is 11.9. The Balaban J connectivity index is 2.23. The van der Waals surface area contributed by atoms with E-state index < -0.39 is 22.9 Å². The largest absolute Gasteiger partial charge is 0.478 e. The molecule has 1 unspecified atom stereocenters. The molecule has 7 nitrogen and oxygen atoms in total. The lowest BCUT2D eigenvalue weighted by atomic mass is 9.82. The molecule has 2 fully saturated rings. The van der Waals surface area contributed by atoms with Crippen LogP contribution in [0.4, 0.5) is 0 Å². The van der Waals surface area contributed by atoms with Gasteiger partial charge in [-0.25, -0.2) is 9.59 Å². The number of halogens is 2. The van der Waals surface area contributed by atoms with E-state index >= 15 is 0 Å². The van der Waals surface area contributed by atoms with Crippen molar-refractivity contribution in [1.82, 2.24) is 9.80 Å². The summed E-state index contributed by atoms with van der Waals surface area (Å²) in [5.41, 5.74) is -3.09. The Morgan fingerprint density at radius 2 is 1.34 bits per heavy atom. The lowest BCUT2D eigenvalue weighted by Crippen LogP contribution is -2.51. The van der Waals surface area contributed by atoms with Gasteiger partial charge in [0.05, 0.1) is 5.38 Å². The van der Waals surface area contributed by atoms with Gasteiger partial charge >= 0.3 is 11.9 Å². The van der Waals surface area contributed by atoms with Gasteiger partial charge in [0.1, 0.15) is 5.82 Å². The van der Waals surface area contributed by atoms with Crippen LogP contribution in [0.2, 0.25) is 0 Å². The number of hydrogen-bond donors (Lipinski definition) is 3. The van der Waals surface area contributed by atoms with Gasteiger partial charge in [-0.1, -0.05) is 17.7 Å². The summed E-state index contributed by atoms with van der Waals surface area (Å²) in [4.78, 5) is 28.0. The van der Waals surface area contributed by atoms with Crippen LogP contribution in [0, 0.1) is 0 Å². The van der Waals surface area contributed by atoms with E-state index in [2.05, 4.69) is 9.80 Å². The van der Waals surface area contributed by atoms with E-state index in [0.29, 0.717) is 5.82 Å². The summed E-state index contributed by atoms with van der Waals surface area (Å²) >= 11 is 12.9. The zero-order valence-electron chi connectivity index (χ0n) is 16.1.